The second kappa shape index (κ2) is 2.12. The van der Waals surface area contributed by atoms with Crippen LogP contribution in [0.1, 0.15) is 0 Å². The van der Waals surface area contributed by atoms with Crippen molar-refractivity contribution in [2.24, 2.45) is 0 Å². The fourth-order valence-corrected chi connectivity index (χ4v) is 0.802. The molecule has 5 nitrogen and oxygen atoms in total. The molecule has 0 aliphatic heterocycles. The number of nitrogens with zero attached hydrogens (tertiary/aromatic N) is 4. The first-order valence-corrected chi connectivity index (χ1v) is 3.04. The van der Waals surface area contributed by atoms with Crippen LogP contribution in [0, 0.1) is 0 Å². The Labute approximate surface area is 61.3 Å². The lowest BCUT2D eigenvalue weighted by Crippen LogP contribution is -2.16. The predicted octanol–water partition coefficient (Wildman–Crippen LogP) is -0.516. The molecule has 0 saturated heterocycles. The van der Waals surface area contributed by atoms with Crippen molar-refractivity contribution < 1.29 is 0 Å². The van der Waals surface area contributed by atoms with Gasteiger partial charge in [-0.25, -0.2) is 0 Å². The van der Waals surface area contributed by atoms with Crippen molar-refractivity contribution in [1.29, 1.82) is 0 Å². The minimum absolute atomic E-state index is 0.268. The summed E-state index contributed by atoms with van der Waals surface area (Å²) in [5.41, 5.74) is 0.190. The van der Waals surface area contributed by atoms with Gasteiger partial charge in [-0.15, -0.1) is 5.10 Å². The highest BCUT2D eigenvalue weighted by Gasteiger charge is 1.93. The van der Waals surface area contributed by atoms with Crippen molar-refractivity contribution in [3.05, 3.63) is 34.9 Å². The zero-order valence-electron chi connectivity index (χ0n) is 5.51. The molecule has 0 bridgehead atoms. The van der Waals surface area contributed by atoms with E-state index in [4.69, 9.17) is 0 Å². The molecule has 0 aromatic carbocycles. The molecule has 11 heavy (non-hydrogen) atoms. The summed E-state index contributed by atoms with van der Waals surface area (Å²) >= 11 is 0. The third-order valence-corrected chi connectivity index (χ3v) is 1.27. The molecule has 0 atom stereocenters. The van der Waals surface area contributed by atoms with Gasteiger partial charge in [-0.2, -0.15) is 14.7 Å². The van der Waals surface area contributed by atoms with Crippen molar-refractivity contribution >= 4 is 5.65 Å². The Hall–Kier alpha value is -1.78. The molecule has 5 heteroatoms. The molecule has 0 unspecified atom stereocenters. The summed E-state index contributed by atoms with van der Waals surface area (Å²) in [6, 6.07) is 3.37. The van der Waals surface area contributed by atoms with Gasteiger partial charge in [0.25, 0.3) is 5.56 Å². The summed E-state index contributed by atoms with van der Waals surface area (Å²) < 4.78 is 1.19. The van der Waals surface area contributed by atoms with Gasteiger partial charge < -0.3 is 0 Å². The predicted molar refractivity (Wildman–Crippen MR) is 37.1 cm³/mol. The number of hydrogen-bond donors (Lipinski definition) is 0. The molecular weight excluding hydrogens is 144 g/mol. The maximum absolute atomic E-state index is 11.0. The topological polar surface area (TPSA) is 60.2 Å². The van der Waals surface area contributed by atoms with E-state index in [1.165, 1.54) is 10.7 Å². The largest absolute Gasteiger partial charge is 0.293 e. The standard InChI is InChI=1S/C6H4N4O/c11-6-4-7-9-5-2-1-3-8-10(5)6/h1-4H. The number of aromatic nitrogens is 4. The molecule has 0 aliphatic rings. The SMILES string of the molecule is O=c1cnnc2cccnn12. The van der Waals surface area contributed by atoms with Crippen LogP contribution in [0.25, 0.3) is 5.65 Å². The minimum Gasteiger partial charge on any atom is -0.265 e. The number of rotatable bonds is 0. The lowest BCUT2D eigenvalue weighted by Gasteiger charge is -1.92. The van der Waals surface area contributed by atoms with E-state index in [0.717, 1.165) is 6.20 Å². The van der Waals surface area contributed by atoms with Gasteiger partial charge in [0, 0.05) is 6.20 Å². The van der Waals surface area contributed by atoms with Crippen LogP contribution in [0.2, 0.25) is 0 Å². The highest BCUT2D eigenvalue weighted by atomic mass is 16.1. The van der Waals surface area contributed by atoms with E-state index in [2.05, 4.69) is 15.3 Å². The van der Waals surface area contributed by atoms with Crippen LogP contribution >= 0.6 is 0 Å². The van der Waals surface area contributed by atoms with Gasteiger partial charge in [0.15, 0.2) is 5.65 Å². The van der Waals surface area contributed by atoms with Crippen LogP contribution in [0.5, 0.6) is 0 Å². The van der Waals surface area contributed by atoms with Crippen molar-refractivity contribution in [3.8, 4) is 0 Å². The Kier molecular flexibility index (Phi) is 1.15. The van der Waals surface area contributed by atoms with Crippen molar-refractivity contribution in [2.45, 2.75) is 0 Å². The van der Waals surface area contributed by atoms with Gasteiger partial charge in [-0.05, 0) is 12.1 Å². The van der Waals surface area contributed by atoms with E-state index in [1.54, 1.807) is 12.1 Å². The highest BCUT2D eigenvalue weighted by molar-refractivity contribution is 5.32. The van der Waals surface area contributed by atoms with Crippen LogP contribution < -0.4 is 5.56 Å². The summed E-state index contributed by atoms with van der Waals surface area (Å²) in [6.45, 7) is 0. The van der Waals surface area contributed by atoms with E-state index >= 15 is 0 Å². The van der Waals surface area contributed by atoms with Gasteiger partial charge in [0.2, 0.25) is 0 Å². The maximum atomic E-state index is 11.0. The summed E-state index contributed by atoms with van der Waals surface area (Å²) in [6.07, 6.45) is 2.65. The lowest BCUT2D eigenvalue weighted by molar-refractivity contribution is 0.824. The third kappa shape index (κ3) is 0.861. The monoisotopic (exact) mass is 148 g/mol. The average molecular weight is 148 g/mol. The Bertz CT molecular complexity index is 430. The lowest BCUT2D eigenvalue weighted by atomic mass is 10.5. The van der Waals surface area contributed by atoms with E-state index in [0.29, 0.717) is 5.65 Å². The average Bonchev–Trinajstić information content (AvgIpc) is 2.06. The Morgan fingerprint density at radius 2 is 2.36 bits per heavy atom. The fraction of sp³-hybridized carbons (Fsp3) is 0. The molecule has 0 spiro atoms. The Morgan fingerprint density at radius 1 is 1.45 bits per heavy atom. The summed E-state index contributed by atoms with van der Waals surface area (Å²) in [5.74, 6) is 0. The van der Waals surface area contributed by atoms with Crippen LogP contribution in [0.3, 0.4) is 0 Å². The molecule has 2 aromatic heterocycles. The van der Waals surface area contributed by atoms with E-state index < -0.39 is 0 Å². The normalized spacial score (nSPS) is 10.2. The van der Waals surface area contributed by atoms with Gasteiger partial charge in [0.05, 0.1) is 0 Å². The van der Waals surface area contributed by atoms with Crippen LogP contribution in [0.15, 0.2) is 29.3 Å². The van der Waals surface area contributed by atoms with E-state index in [9.17, 15) is 4.79 Å². The number of fused-ring (bicyclic) bond motifs is 1. The highest BCUT2D eigenvalue weighted by Crippen LogP contribution is 1.87. The van der Waals surface area contributed by atoms with E-state index in [1.807, 2.05) is 0 Å². The summed E-state index contributed by atoms with van der Waals surface area (Å²) in [5, 5.41) is 11.0. The second-order valence-corrected chi connectivity index (χ2v) is 1.98. The summed E-state index contributed by atoms with van der Waals surface area (Å²) in [4.78, 5) is 11.0. The maximum Gasteiger partial charge on any atom is 0.293 e. The zero-order valence-corrected chi connectivity index (χ0v) is 5.51. The second-order valence-electron chi connectivity index (χ2n) is 1.98. The Morgan fingerprint density at radius 3 is 3.18 bits per heavy atom. The molecule has 0 fully saturated rings. The molecule has 2 heterocycles. The van der Waals surface area contributed by atoms with Crippen molar-refractivity contribution in [3.63, 3.8) is 0 Å². The van der Waals surface area contributed by atoms with Gasteiger partial charge >= 0.3 is 0 Å². The minimum atomic E-state index is -0.268. The molecule has 0 amide bonds. The quantitative estimate of drug-likeness (QED) is 0.504. The van der Waals surface area contributed by atoms with Crippen molar-refractivity contribution in [1.82, 2.24) is 19.8 Å². The van der Waals surface area contributed by atoms with Gasteiger partial charge in [-0.1, -0.05) is 0 Å². The van der Waals surface area contributed by atoms with Gasteiger partial charge in [-0.3, -0.25) is 4.79 Å². The van der Waals surface area contributed by atoms with Crippen LogP contribution in [-0.4, -0.2) is 19.8 Å². The third-order valence-electron chi connectivity index (χ3n) is 1.27. The molecule has 0 aliphatic carbocycles. The van der Waals surface area contributed by atoms with Crippen LogP contribution in [-0.2, 0) is 0 Å². The molecule has 54 valence electrons. The molecule has 2 rings (SSSR count). The summed E-state index contributed by atoms with van der Waals surface area (Å²) in [7, 11) is 0. The molecule has 0 saturated carbocycles. The number of hydrogen-bond acceptors (Lipinski definition) is 4. The first kappa shape index (κ1) is 5.96. The van der Waals surface area contributed by atoms with Gasteiger partial charge in [0.1, 0.15) is 6.20 Å². The Balaban J connectivity index is 3.03. The molecular formula is C6H4N4O. The smallest absolute Gasteiger partial charge is 0.265 e. The fourth-order valence-electron chi connectivity index (χ4n) is 0.802. The van der Waals surface area contributed by atoms with E-state index in [-0.39, 0.29) is 5.56 Å². The first-order valence-electron chi connectivity index (χ1n) is 3.04. The zero-order chi connectivity index (χ0) is 7.68. The molecule has 0 radical (unpaired) electrons. The first-order chi connectivity index (χ1) is 5.38. The molecule has 0 N–H and O–H groups in total. The molecule has 2 aromatic rings. The van der Waals surface area contributed by atoms with Crippen molar-refractivity contribution in [2.75, 3.05) is 0 Å². The van der Waals surface area contributed by atoms with Crippen LogP contribution in [0.4, 0.5) is 0 Å².